The van der Waals surface area contributed by atoms with E-state index in [2.05, 4.69) is 43.3 Å². The van der Waals surface area contributed by atoms with Crippen LogP contribution in [0, 0.1) is 0 Å². The maximum Gasteiger partial charge on any atom is 0.0940 e. The van der Waals surface area contributed by atoms with E-state index in [9.17, 15) is 0 Å². The van der Waals surface area contributed by atoms with Crippen molar-refractivity contribution in [1.82, 2.24) is 9.80 Å². The quantitative estimate of drug-likeness (QED) is 0.567. The standard InChI is InChI=1S/C9H16N2/c1-5-10-6-7-11(8-10)9(2,3)4/h5-7H,1,8H2,2-4H3. The Morgan fingerprint density at radius 3 is 2.27 bits per heavy atom. The van der Waals surface area contributed by atoms with Gasteiger partial charge in [-0.3, -0.25) is 0 Å². The molecule has 11 heavy (non-hydrogen) atoms. The molecular weight excluding hydrogens is 136 g/mol. The van der Waals surface area contributed by atoms with Gasteiger partial charge in [-0.1, -0.05) is 6.58 Å². The van der Waals surface area contributed by atoms with Crippen molar-refractivity contribution in [2.24, 2.45) is 0 Å². The molecule has 0 aromatic heterocycles. The SMILES string of the molecule is C=CN1C=CN(C(C)(C)C)C1. The molecule has 0 unspecified atom stereocenters. The third kappa shape index (κ3) is 1.76. The van der Waals surface area contributed by atoms with E-state index in [1.807, 2.05) is 12.4 Å². The first-order valence-electron chi connectivity index (χ1n) is 3.87. The second kappa shape index (κ2) is 2.61. The Hall–Kier alpha value is -0.920. The largest absolute Gasteiger partial charge is 0.353 e. The van der Waals surface area contributed by atoms with Crippen LogP contribution < -0.4 is 0 Å². The maximum absolute atomic E-state index is 3.71. The lowest BCUT2D eigenvalue weighted by Crippen LogP contribution is -2.38. The van der Waals surface area contributed by atoms with Gasteiger partial charge in [0.05, 0.1) is 6.67 Å². The summed E-state index contributed by atoms with van der Waals surface area (Å²) in [5, 5.41) is 0. The predicted octanol–water partition coefficient (Wildman–Crippen LogP) is 1.97. The van der Waals surface area contributed by atoms with Crippen LogP contribution in [-0.4, -0.2) is 22.0 Å². The van der Waals surface area contributed by atoms with Crippen LogP contribution in [0.3, 0.4) is 0 Å². The van der Waals surface area contributed by atoms with E-state index in [-0.39, 0.29) is 5.54 Å². The topological polar surface area (TPSA) is 6.48 Å². The smallest absolute Gasteiger partial charge is 0.0940 e. The number of nitrogens with zero attached hydrogens (tertiary/aromatic N) is 2. The van der Waals surface area contributed by atoms with Gasteiger partial charge in [0, 0.05) is 17.9 Å². The van der Waals surface area contributed by atoms with Crippen LogP contribution in [0.15, 0.2) is 25.2 Å². The molecule has 0 aromatic carbocycles. The molecule has 0 atom stereocenters. The first-order chi connectivity index (χ1) is 5.04. The minimum Gasteiger partial charge on any atom is -0.353 e. The van der Waals surface area contributed by atoms with Gasteiger partial charge in [-0.2, -0.15) is 0 Å². The minimum absolute atomic E-state index is 0.217. The molecule has 2 heteroatoms. The van der Waals surface area contributed by atoms with Crippen molar-refractivity contribution >= 4 is 0 Å². The molecule has 0 aromatic rings. The summed E-state index contributed by atoms with van der Waals surface area (Å²) in [6.45, 7) is 11.2. The molecular formula is C9H16N2. The lowest BCUT2D eigenvalue weighted by Gasteiger charge is -2.32. The summed E-state index contributed by atoms with van der Waals surface area (Å²) in [5.41, 5.74) is 0.217. The van der Waals surface area contributed by atoms with E-state index >= 15 is 0 Å². The Labute approximate surface area is 68.8 Å². The summed E-state index contributed by atoms with van der Waals surface area (Å²) >= 11 is 0. The van der Waals surface area contributed by atoms with Crippen LogP contribution in [0.1, 0.15) is 20.8 Å². The lowest BCUT2D eigenvalue weighted by atomic mass is 10.1. The van der Waals surface area contributed by atoms with Gasteiger partial charge in [0.1, 0.15) is 0 Å². The first kappa shape index (κ1) is 8.18. The van der Waals surface area contributed by atoms with Crippen molar-refractivity contribution in [2.75, 3.05) is 6.67 Å². The summed E-state index contributed by atoms with van der Waals surface area (Å²) in [4.78, 5) is 4.33. The Kier molecular flexibility index (Phi) is 1.94. The molecule has 1 heterocycles. The van der Waals surface area contributed by atoms with Gasteiger partial charge in [0.15, 0.2) is 0 Å². The Morgan fingerprint density at radius 1 is 1.36 bits per heavy atom. The summed E-state index contributed by atoms with van der Waals surface area (Å²) in [6.07, 6.45) is 5.97. The van der Waals surface area contributed by atoms with Gasteiger partial charge in [0.25, 0.3) is 0 Å². The fraction of sp³-hybridized carbons (Fsp3) is 0.556. The van der Waals surface area contributed by atoms with E-state index in [4.69, 9.17) is 0 Å². The van der Waals surface area contributed by atoms with E-state index in [1.54, 1.807) is 0 Å². The van der Waals surface area contributed by atoms with Crippen LogP contribution in [0.2, 0.25) is 0 Å². The average molecular weight is 152 g/mol. The molecule has 1 rings (SSSR count). The van der Waals surface area contributed by atoms with E-state index in [0.29, 0.717) is 0 Å². The van der Waals surface area contributed by atoms with Crippen molar-refractivity contribution in [2.45, 2.75) is 26.3 Å². The third-order valence-electron chi connectivity index (χ3n) is 1.85. The maximum atomic E-state index is 3.71. The normalized spacial score (nSPS) is 17.7. The highest BCUT2D eigenvalue weighted by Gasteiger charge is 2.21. The predicted molar refractivity (Wildman–Crippen MR) is 47.6 cm³/mol. The first-order valence-corrected chi connectivity index (χ1v) is 3.87. The highest BCUT2D eigenvalue weighted by Crippen LogP contribution is 2.18. The van der Waals surface area contributed by atoms with Gasteiger partial charge in [-0.15, -0.1) is 0 Å². The number of hydrogen-bond acceptors (Lipinski definition) is 2. The molecule has 1 aliphatic rings. The summed E-state index contributed by atoms with van der Waals surface area (Å²) in [7, 11) is 0. The van der Waals surface area contributed by atoms with Crippen molar-refractivity contribution in [3.05, 3.63) is 25.2 Å². The van der Waals surface area contributed by atoms with Crippen molar-refractivity contribution in [3.63, 3.8) is 0 Å². The van der Waals surface area contributed by atoms with Crippen LogP contribution in [0.25, 0.3) is 0 Å². The number of rotatable bonds is 1. The van der Waals surface area contributed by atoms with Gasteiger partial charge >= 0.3 is 0 Å². The Bertz CT molecular complexity index is 176. The molecule has 0 aliphatic carbocycles. The fourth-order valence-corrected chi connectivity index (χ4v) is 0.991. The summed E-state index contributed by atoms with van der Waals surface area (Å²) in [6, 6.07) is 0. The average Bonchev–Trinajstić information content (AvgIpc) is 2.32. The molecule has 0 spiro atoms. The minimum atomic E-state index is 0.217. The second-order valence-corrected chi connectivity index (χ2v) is 3.78. The molecule has 0 saturated carbocycles. The van der Waals surface area contributed by atoms with Crippen molar-refractivity contribution < 1.29 is 0 Å². The Morgan fingerprint density at radius 2 is 2.00 bits per heavy atom. The van der Waals surface area contributed by atoms with E-state index in [1.165, 1.54) is 0 Å². The third-order valence-corrected chi connectivity index (χ3v) is 1.85. The van der Waals surface area contributed by atoms with Gasteiger partial charge in [-0.25, -0.2) is 0 Å². The molecule has 0 fully saturated rings. The van der Waals surface area contributed by atoms with Gasteiger partial charge in [0.2, 0.25) is 0 Å². The lowest BCUT2D eigenvalue weighted by molar-refractivity contribution is 0.182. The summed E-state index contributed by atoms with van der Waals surface area (Å²) in [5.74, 6) is 0. The molecule has 0 N–H and O–H groups in total. The van der Waals surface area contributed by atoms with Crippen LogP contribution in [0.5, 0.6) is 0 Å². The molecule has 0 bridgehead atoms. The molecule has 62 valence electrons. The highest BCUT2D eigenvalue weighted by atomic mass is 15.4. The molecule has 0 saturated heterocycles. The van der Waals surface area contributed by atoms with Crippen LogP contribution in [-0.2, 0) is 0 Å². The zero-order chi connectivity index (χ0) is 8.48. The zero-order valence-electron chi connectivity index (χ0n) is 7.54. The molecule has 2 nitrogen and oxygen atoms in total. The van der Waals surface area contributed by atoms with Crippen molar-refractivity contribution in [3.8, 4) is 0 Å². The summed E-state index contributed by atoms with van der Waals surface area (Å²) < 4.78 is 0. The van der Waals surface area contributed by atoms with E-state index < -0.39 is 0 Å². The van der Waals surface area contributed by atoms with E-state index in [0.717, 1.165) is 6.67 Å². The van der Waals surface area contributed by atoms with Crippen molar-refractivity contribution in [1.29, 1.82) is 0 Å². The van der Waals surface area contributed by atoms with Crippen LogP contribution in [0.4, 0.5) is 0 Å². The molecule has 0 radical (unpaired) electrons. The monoisotopic (exact) mass is 152 g/mol. The van der Waals surface area contributed by atoms with Gasteiger partial charge < -0.3 is 9.80 Å². The van der Waals surface area contributed by atoms with Gasteiger partial charge in [-0.05, 0) is 27.0 Å². The number of hydrogen-bond donors (Lipinski definition) is 0. The van der Waals surface area contributed by atoms with Crippen LogP contribution >= 0.6 is 0 Å². The second-order valence-electron chi connectivity index (χ2n) is 3.78. The zero-order valence-corrected chi connectivity index (χ0v) is 7.54. The molecule has 1 aliphatic heterocycles. The Balaban J connectivity index is 2.56. The fourth-order valence-electron chi connectivity index (χ4n) is 0.991. The molecule has 0 amide bonds. The highest BCUT2D eigenvalue weighted by molar-refractivity contribution is 4.99.